The third-order valence-corrected chi connectivity index (χ3v) is 5.46. The van der Waals surface area contributed by atoms with Crippen LogP contribution in [0.4, 0.5) is 11.6 Å². The van der Waals surface area contributed by atoms with Crippen LogP contribution in [0.3, 0.4) is 0 Å². The molecule has 0 radical (unpaired) electrons. The zero-order valence-electron chi connectivity index (χ0n) is 13.1. The molecule has 0 fully saturated rings. The molecule has 3 rings (SSSR count). The molecule has 7 nitrogen and oxygen atoms in total. The molecular formula is C16H16N4O3S2. The van der Waals surface area contributed by atoms with Gasteiger partial charge in [0.05, 0.1) is 17.2 Å². The van der Waals surface area contributed by atoms with E-state index in [0.29, 0.717) is 11.6 Å². The van der Waals surface area contributed by atoms with Gasteiger partial charge in [0.15, 0.2) is 0 Å². The van der Waals surface area contributed by atoms with Gasteiger partial charge in [-0.2, -0.15) is 11.3 Å². The van der Waals surface area contributed by atoms with Crippen LogP contribution < -0.4 is 10.0 Å². The normalized spacial score (nSPS) is 11.4. The second-order valence-corrected chi connectivity index (χ2v) is 7.60. The molecular weight excluding hydrogens is 360 g/mol. The number of thiophene rings is 1. The van der Waals surface area contributed by atoms with Crippen molar-refractivity contribution in [3.05, 3.63) is 53.4 Å². The number of benzene rings is 1. The summed E-state index contributed by atoms with van der Waals surface area (Å²) in [5.74, 6) is 0.428. The van der Waals surface area contributed by atoms with Crippen LogP contribution in [0.25, 0.3) is 11.3 Å². The minimum atomic E-state index is -3.62. The lowest BCUT2D eigenvalue weighted by Gasteiger charge is -2.08. The maximum absolute atomic E-state index is 12.0. The molecule has 3 N–H and O–H groups in total. The summed E-state index contributed by atoms with van der Waals surface area (Å²) < 4.78 is 26.2. The lowest BCUT2D eigenvalue weighted by atomic mass is 10.2. The fraction of sp³-hybridized carbons (Fsp3) is 0.125. The van der Waals surface area contributed by atoms with E-state index in [1.807, 2.05) is 22.9 Å². The molecule has 2 aromatic heterocycles. The third-order valence-electron chi connectivity index (χ3n) is 3.30. The highest BCUT2D eigenvalue weighted by atomic mass is 32.2. The van der Waals surface area contributed by atoms with Crippen LogP contribution >= 0.6 is 11.3 Å². The number of hydrogen-bond donors (Lipinski definition) is 3. The SMILES string of the molecule is O=S(=O)(NCCO)c1ccc(Nc2nccc(-c3ccsc3)n2)cc1. The van der Waals surface area contributed by atoms with Gasteiger partial charge in [-0.25, -0.2) is 23.1 Å². The summed E-state index contributed by atoms with van der Waals surface area (Å²) in [6.45, 7) is -0.276. The fourth-order valence-electron chi connectivity index (χ4n) is 2.10. The van der Waals surface area contributed by atoms with E-state index < -0.39 is 10.0 Å². The number of rotatable bonds is 7. The Bertz CT molecular complexity index is 926. The summed E-state index contributed by atoms with van der Waals surface area (Å²) in [6.07, 6.45) is 1.67. The monoisotopic (exact) mass is 376 g/mol. The number of aliphatic hydroxyl groups excluding tert-OH is 1. The summed E-state index contributed by atoms with van der Waals surface area (Å²) in [7, 11) is -3.62. The number of anilines is 2. The van der Waals surface area contributed by atoms with Crippen molar-refractivity contribution in [1.82, 2.24) is 14.7 Å². The molecule has 3 aromatic rings. The van der Waals surface area contributed by atoms with Gasteiger partial charge >= 0.3 is 0 Å². The van der Waals surface area contributed by atoms with E-state index >= 15 is 0 Å². The lowest BCUT2D eigenvalue weighted by molar-refractivity contribution is 0.301. The van der Waals surface area contributed by atoms with Crippen molar-refractivity contribution in [1.29, 1.82) is 0 Å². The van der Waals surface area contributed by atoms with E-state index in [0.717, 1.165) is 11.3 Å². The van der Waals surface area contributed by atoms with Crippen LogP contribution in [0.15, 0.2) is 58.3 Å². The van der Waals surface area contributed by atoms with E-state index in [1.54, 1.807) is 29.7 Å². The van der Waals surface area contributed by atoms with E-state index in [2.05, 4.69) is 20.0 Å². The van der Waals surface area contributed by atoms with Crippen molar-refractivity contribution in [3.63, 3.8) is 0 Å². The molecule has 130 valence electrons. The van der Waals surface area contributed by atoms with E-state index in [4.69, 9.17) is 5.11 Å². The molecule has 25 heavy (non-hydrogen) atoms. The van der Waals surface area contributed by atoms with Gasteiger partial charge in [0, 0.05) is 29.4 Å². The summed E-state index contributed by atoms with van der Waals surface area (Å²) in [5.41, 5.74) is 2.50. The molecule has 1 aromatic carbocycles. The molecule has 0 bridgehead atoms. The molecule has 0 amide bonds. The largest absolute Gasteiger partial charge is 0.395 e. The van der Waals surface area contributed by atoms with Crippen LogP contribution in [0, 0.1) is 0 Å². The summed E-state index contributed by atoms with van der Waals surface area (Å²) in [5, 5.41) is 15.8. The fourth-order valence-corrected chi connectivity index (χ4v) is 3.77. The first kappa shape index (κ1) is 17.5. The number of aromatic nitrogens is 2. The van der Waals surface area contributed by atoms with E-state index in [-0.39, 0.29) is 18.0 Å². The van der Waals surface area contributed by atoms with Gasteiger partial charge in [0.2, 0.25) is 16.0 Å². The molecule has 0 spiro atoms. The maximum atomic E-state index is 12.0. The van der Waals surface area contributed by atoms with Gasteiger partial charge in [-0.1, -0.05) is 0 Å². The van der Waals surface area contributed by atoms with Crippen LogP contribution in [-0.2, 0) is 10.0 Å². The van der Waals surface area contributed by atoms with Gasteiger partial charge in [0.25, 0.3) is 0 Å². The standard InChI is InChI=1S/C16H16N4O3S2/c21-9-8-18-25(22,23)14-3-1-13(2-4-14)19-16-17-7-5-15(20-16)12-6-10-24-11-12/h1-7,10-11,18,21H,8-9H2,(H,17,19,20). The number of hydrogen-bond acceptors (Lipinski definition) is 7. The highest BCUT2D eigenvalue weighted by molar-refractivity contribution is 7.89. The van der Waals surface area contributed by atoms with Crippen LogP contribution in [-0.4, -0.2) is 36.6 Å². The van der Waals surface area contributed by atoms with Gasteiger partial charge in [0.1, 0.15) is 0 Å². The van der Waals surface area contributed by atoms with E-state index in [9.17, 15) is 8.42 Å². The van der Waals surface area contributed by atoms with E-state index in [1.165, 1.54) is 12.1 Å². The number of sulfonamides is 1. The second kappa shape index (κ2) is 7.70. The molecule has 0 aliphatic carbocycles. The molecule has 0 saturated carbocycles. The Morgan fingerprint density at radius 3 is 2.60 bits per heavy atom. The van der Waals surface area contributed by atoms with Crippen LogP contribution in [0.1, 0.15) is 0 Å². The second-order valence-electron chi connectivity index (χ2n) is 5.05. The number of aliphatic hydroxyl groups is 1. The predicted octanol–water partition coefficient (Wildman–Crippen LogP) is 2.22. The average Bonchev–Trinajstić information content (AvgIpc) is 3.15. The van der Waals surface area contributed by atoms with Crippen molar-refractivity contribution in [3.8, 4) is 11.3 Å². The molecule has 0 unspecified atom stereocenters. The van der Waals surface area contributed by atoms with Crippen LogP contribution in [0.5, 0.6) is 0 Å². The molecule has 0 aliphatic rings. The van der Waals surface area contributed by atoms with Crippen molar-refractivity contribution < 1.29 is 13.5 Å². The summed E-state index contributed by atoms with van der Waals surface area (Å²) in [4.78, 5) is 8.75. The summed E-state index contributed by atoms with van der Waals surface area (Å²) in [6, 6.07) is 10.0. The topological polar surface area (TPSA) is 104 Å². The molecule has 0 aliphatic heterocycles. The molecule has 0 atom stereocenters. The Kier molecular flexibility index (Phi) is 5.39. The Labute approximate surface area is 149 Å². The van der Waals surface area contributed by atoms with Gasteiger partial charge < -0.3 is 10.4 Å². The minimum absolute atomic E-state index is 0.0223. The molecule has 2 heterocycles. The average molecular weight is 376 g/mol. The lowest BCUT2D eigenvalue weighted by Crippen LogP contribution is -2.26. The third kappa shape index (κ3) is 4.40. The highest BCUT2D eigenvalue weighted by Crippen LogP contribution is 2.22. The number of nitrogens with zero attached hydrogens (tertiary/aromatic N) is 2. The Hall–Kier alpha value is -2.33. The first-order chi connectivity index (χ1) is 12.1. The predicted molar refractivity (Wildman–Crippen MR) is 97.3 cm³/mol. The van der Waals surface area contributed by atoms with Crippen molar-refractivity contribution in [2.75, 3.05) is 18.5 Å². The smallest absolute Gasteiger partial charge is 0.240 e. The van der Waals surface area contributed by atoms with Gasteiger partial charge in [-0.15, -0.1) is 0 Å². The van der Waals surface area contributed by atoms with Crippen molar-refractivity contribution in [2.45, 2.75) is 4.90 Å². The maximum Gasteiger partial charge on any atom is 0.240 e. The Morgan fingerprint density at radius 2 is 1.92 bits per heavy atom. The van der Waals surface area contributed by atoms with Crippen LogP contribution in [0.2, 0.25) is 0 Å². The zero-order valence-corrected chi connectivity index (χ0v) is 14.7. The van der Waals surface area contributed by atoms with Crippen molar-refractivity contribution >= 4 is 33.0 Å². The number of nitrogens with one attached hydrogen (secondary N) is 2. The summed E-state index contributed by atoms with van der Waals surface area (Å²) >= 11 is 1.59. The molecule has 0 saturated heterocycles. The van der Waals surface area contributed by atoms with Gasteiger partial charge in [-0.05, 0) is 41.8 Å². The minimum Gasteiger partial charge on any atom is -0.395 e. The Morgan fingerprint density at radius 1 is 1.12 bits per heavy atom. The Balaban J connectivity index is 1.75. The first-order valence-corrected chi connectivity index (χ1v) is 9.84. The van der Waals surface area contributed by atoms with Gasteiger partial charge in [-0.3, -0.25) is 0 Å². The zero-order chi connectivity index (χ0) is 17.7. The first-order valence-electron chi connectivity index (χ1n) is 7.42. The molecule has 9 heteroatoms. The quantitative estimate of drug-likeness (QED) is 0.584. The highest BCUT2D eigenvalue weighted by Gasteiger charge is 2.13. The van der Waals surface area contributed by atoms with Crippen molar-refractivity contribution in [2.24, 2.45) is 0 Å².